The fourth-order valence-electron chi connectivity index (χ4n) is 2.69. The first kappa shape index (κ1) is 15.8. The molecule has 2 unspecified atom stereocenters. The molecule has 0 saturated carbocycles. The number of aliphatic hydroxyl groups is 1. The Kier molecular flexibility index (Phi) is 4.54. The number of hydrogen-bond donors (Lipinski definition) is 2. The molecule has 1 fully saturated rings. The second kappa shape index (κ2) is 6.03. The molecular weight excluding hydrogens is 268 g/mol. The van der Waals surface area contributed by atoms with Crippen LogP contribution in [0.5, 0.6) is 0 Å². The highest BCUT2D eigenvalue weighted by Crippen LogP contribution is 2.22. The van der Waals surface area contributed by atoms with Crippen molar-refractivity contribution in [1.82, 2.24) is 4.90 Å². The molecular formula is C16H24N2O3. The number of nitrogens with zero attached hydrogens (tertiary/aromatic N) is 1. The summed E-state index contributed by atoms with van der Waals surface area (Å²) in [6.45, 7) is 8.76. The Bertz CT molecular complexity index is 514. The maximum Gasteiger partial charge on any atom is 0.322 e. The molecule has 0 radical (unpaired) electrons. The Labute approximate surface area is 125 Å². The molecule has 0 aliphatic carbocycles. The molecule has 21 heavy (non-hydrogen) atoms. The summed E-state index contributed by atoms with van der Waals surface area (Å²) in [5, 5.41) is 12.5. The summed E-state index contributed by atoms with van der Waals surface area (Å²) in [6.07, 6.45) is -0.535. The smallest absolute Gasteiger partial charge is 0.322 e. The predicted octanol–water partition coefficient (Wildman–Crippen LogP) is 2.77. The van der Waals surface area contributed by atoms with Crippen molar-refractivity contribution in [3.05, 3.63) is 29.8 Å². The number of anilines is 1. The normalized spacial score (nSPS) is 22.7. The molecule has 0 aromatic heterocycles. The summed E-state index contributed by atoms with van der Waals surface area (Å²) >= 11 is 0. The van der Waals surface area contributed by atoms with Crippen molar-refractivity contribution in [3.8, 4) is 0 Å². The molecule has 2 rings (SSSR count). The highest BCUT2D eigenvalue weighted by atomic mass is 16.5. The molecule has 5 nitrogen and oxygen atoms in total. The van der Waals surface area contributed by atoms with Crippen molar-refractivity contribution in [2.45, 2.75) is 45.5 Å². The van der Waals surface area contributed by atoms with Crippen LogP contribution in [0, 0.1) is 0 Å². The zero-order valence-corrected chi connectivity index (χ0v) is 13.1. The zero-order chi connectivity index (χ0) is 15.6. The number of carbonyl (C=O) groups is 1. The summed E-state index contributed by atoms with van der Waals surface area (Å²) in [7, 11) is 0. The number of benzene rings is 1. The molecule has 1 aromatic carbocycles. The summed E-state index contributed by atoms with van der Waals surface area (Å²) < 4.78 is 5.80. The lowest BCUT2D eigenvalue weighted by Gasteiger charge is -2.41. The Hall–Kier alpha value is -1.59. The molecule has 2 atom stereocenters. The van der Waals surface area contributed by atoms with Crippen LogP contribution in [-0.4, -0.2) is 40.8 Å². The largest absolute Gasteiger partial charge is 0.389 e. The number of rotatable bonds is 2. The molecule has 1 aliphatic rings. The summed E-state index contributed by atoms with van der Waals surface area (Å²) in [5.74, 6) is 0. The summed E-state index contributed by atoms with van der Waals surface area (Å²) in [5.41, 5.74) is 1.13. The van der Waals surface area contributed by atoms with Crippen molar-refractivity contribution in [1.29, 1.82) is 0 Å². The predicted molar refractivity (Wildman–Crippen MR) is 82.3 cm³/mol. The van der Waals surface area contributed by atoms with Gasteiger partial charge >= 0.3 is 6.03 Å². The molecule has 5 heteroatoms. The minimum atomic E-state index is -0.552. The third-order valence-electron chi connectivity index (χ3n) is 3.48. The molecule has 1 heterocycles. The van der Waals surface area contributed by atoms with Gasteiger partial charge in [-0.05, 0) is 45.4 Å². The molecule has 0 spiro atoms. The summed E-state index contributed by atoms with van der Waals surface area (Å²) in [4.78, 5) is 14.1. The van der Waals surface area contributed by atoms with Crippen molar-refractivity contribution < 1.29 is 14.6 Å². The van der Waals surface area contributed by atoms with Crippen LogP contribution in [0.3, 0.4) is 0 Å². The minimum Gasteiger partial charge on any atom is -0.389 e. The molecule has 116 valence electrons. The van der Waals surface area contributed by atoms with E-state index in [2.05, 4.69) is 5.32 Å². The van der Waals surface area contributed by atoms with Crippen LogP contribution >= 0.6 is 0 Å². The molecule has 1 aromatic rings. The monoisotopic (exact) mass is 292 g/mol. The van der Waals surface area contributed by atoms with Crippen molar-refractivity contribution >= 4 is 11.7 Å². The average molecular weight is 292 g/mol. The number of urea groups is 1. The number of aliphatic hydroxyl groups excluding tert-OH is 1. The van der Waals surface area contributed by atoms with Crippen LogP contribution in [0.25, 0.3) is 0 Å². The topological polar surface area (TPSA) is 61.8 Å². The molecule has 0 bridgehead atoms. The van der Waals surface area contributed by atoms with Gasteiger partial charge in [0.1, 0.15) is 0 Å². The van der Waals surface area contributed by atoms with Gasteiger partial charge in [0, 0.05) is 12.2 Å². The van der Waals surface area contributed by atoms with E-state index in [4.69, 9.17) is 4.74 Å². The van der Waals surface area contributed by atoms with E-state index < -0.39 is 6.10 Å². The van der Waals surface area contributed by atoms with Crippen LogP contribution in [0.1, 0.15) is 39.4 Å². The molecule has 2 N–H and O–H groups in total. The number of morpholine rings is 1. The number of ether oxygens (including phenoxy) is 1. The van der Waals surface area contributed by atoms with Crippen LogP contribution < -0.4 is 5.32 Å². The zero-order valence-electron chi connectivity index (χ0n) is 13.1. The summed E-state index contributed by atoms with van der Waals surface area (Å²) in [6, 6.07) is 7.13. The number of nitrogens with one attached hydrogen (secondary N) is 1. The van der Waals surface area contributed by atoms with Crippen LogP contribution in [0.2, 0.25) is 0 Å². The van der Waals surface area contributed by atoms with E-state index in [-0.39, 0.29) is 17.7 Å². The van der Waals surface area contributed by atoms with E-state index in [0.29, 0.717) is 18.8 Å². The Morgan fingerprint density at radius 2 is 2.24 bits per heavy atom. The van der Waals surface area contributed by atoms with Crippen LogP contribution in [0.4, 0.5) is 10.5 Å². The van der Waals surface area contributed by atoms with Gasteiger partial charge in [0.25, 0.3) is 0 Å². The van der Waals surface area contributed by atoms with E-state index in [1.54, 1.807) is 17.9 Å². The standard InChI is InChI=1S/C16H24N2O3/c1-11-9-18(10-16(3,4)21-11)15(20)17-14-7-5-6-13(8-14)12(2)19/h5-8,11-12,19H,9-10H2,1-4H3,(H,17,20). The van der Waals surface area contributed by atoms with E-state index in [9.17, 15) is 9.90 Å². The van der Waals surface area contributed by atoms with Gasteiger partial charge in [-0.25, -0.2) is 4.79 Å². The average Bonchev–Trinajstić information content (AvgIpc) is 2.36. The molecule has 1 aliphatic heterocycles. The SMILES string of the molecule is CC1CN(C(=O)Nc2cccc(C(C)O)c2)CC(C)(C)O1. The lowest BCUT2D eigenvalue weighted by molar-refractivity contribution is -0.116. The van der Waals surface area contributed by atoms with Crippen LogP contribution in [0.15, 0.2) is 24.3 Å². The van der Waals surface area contributed by atoms with Gasteiger partial charge in [0.2, 0.25) is 0 Å². The van der Waals surface area contributed by atoms with Gasteiger partial charge < -0.3 is 20.1 Å². The Balaban J connectivity index is 2.06. The first-order valence-electron chi connectivity index (χ1n) is 7.28. The number of carbonyl (C=O) groups excluding carboxylic acids is 1. The third-order valence-corrected chi connectivity index (χ3v) is 3.48. The maximum atomic E-state index is 12.4. The van der Waals surface area contributed by atoms with Crippen molar-refractivity contribution in [2.24, 2.45) is 0 Å². The van der Waals surface area contributed by atoms with E-state index in [1.807, 2.05) is 39.0 Å². The molecule has 1 saturated heterocycles. The highest BCUT2D eigenvalue weighted by molar-refractivity contribution is 5.89. The van der Waals surface area contributed by atoms with Crippen molar-refractivity contribution in [2.75, 3.05) is 18.4 Å². The van der Waals surface area contributed by atoms with E-state index in [0.717, 1.165) is 5.56 Å². The minimum absolute atomic E-state index is 0.0169. The maximum absolute atomic E-state index is 12.4. The van der Waals surface area contributed by atoms with E-state index in [1.165, 1.54) is 0 Å². The first-order valence-corrected chi connectivity index (χ1v) is 7.28. The fraction of sp³-hybridized carbons (Fsp3) is 0.562. The van der Waals surface area contributed by atoms with Gasteiger partial charge in [0.05, 0.1) is 24.4 Å². The van der Waals surface area contributed by atoms with Gasteiger partial charge in [-0.2, -0.15) is 0 Å². The van der Waals surface area contributed by atoms with E-state index >= 15 is 0 Å². The highest BCUT2D eigenvalue weighted by Gasteiger charge is 2.33. The van der Waals surface area contributed by atoms with Gasteiger partial charge in [-0.3, -0.25) is 0 Å². The van der Waals surface area contributed by atoms with Gasteiger partial charge in [0.15, 0.2) is 0 Å². The molecule has 2 amide bonds. The first-order chi connectivity index (χ1) is 9.77. The Morgan fingerprint density at radius 3 is 2.86 bits per heavy atom. The quantitative estimate of drug-likeness (QED) is 0.881. The lowest BCUT2D eigenvalue weighted by atomic mass is 10.1. The Morgan fingerprint density at radius 1 is 1.52 bits per heavy atom. The second-order valence-electron chi connectivity index (χ2n) is 6.30. The second-order valence-corrected chi connectivity index (χ2v) is 6.30. The van der Waals surface area contributed by atoms with Crippen LogP contribution in [-0.2, 0) is 4.74 Å². The van der Waals surface area contributed by atoms with Crippen molar-refractivity contribution in [3.63, 3.8) is 0 Å². The van der Waals surface area contributed by atoms with Gasteiger partial charge in [-0.15, -0.1) is 0 Å². The number of amides is 2. The van der Waals surface area contributed by atoms with Gasteiger partial charge in [-0.1, -0.05) is 12.1 Å². The lowest BCUT2D eigenvalue weighted by Crippen LogP contribution is -2.54. The fourth-order valence-corrected chi connectivity index (χ4v) is 2.69. The third kappa shape index (κ3) is 4.19. The number of hydrogen-bond acceptors (Lipinski definition) is 3.